The van der Waals surface area contributed by atoms with Crippen LogP contribution in [0.2, 0.25) is 0 Å². The molecule has 1 aromatic heterocycles. The summed E-state index contributed by atoms with van der Waals surface area (Å²) < 4.78 is 0.694. The summed E-state index contributed by atoms with van der Waals surface area (Å²) in [7, 11) is 0. The Morgan fingerprint density at radius 2 is 2.19 bits per heavy atom. The molecule has 1 unspecified atom stereocenters. The molecule has 0 aliphatic rings. The highest BCUT2D eigenvalue weighted by Gasteiger charge is 2.08. The van der Waals surface area contributed by atoms with Crippen LogP contribution in [0.15, 0.2) is 24.3 Å². The van der Waals surface area contributed by atoms with Gasteiger partial charge in [0.1, 0.15) is 0 Å². The number of aromatic amines is 1. The number of rotatable bonds is 3. The van der Waals surface area contributed by atoms with Gasteiger partial charge in [-0.1, -0.05) is 35.6 Å². The third-order valence-electron chi connectivity index (χ3n) is 2.43. The Morgan fingerprint density at radius 3 is 2.81 bits per heavy atom. The van der Waals surface area contributed by atoms with Crippen LogP contribution in [-0.4, -0.2) is 10.2 Å². The van der Waals surface area contributed by atoms with Gasteiger partial charge >= 0.3 is 0 Å². The van der Waals surface area contributed by atoms with E-state index in [1.54, 1.807) is 0 Å². The van der Waals surface area contributed by atoms with E-state index in [2.05, 4.69) is 41.5 Å². The molecule has 0 radical (unpaired) electrons. The Morgan fingerprint density at radius 1 is 1.44 bits per heavy atom. The molecule has 5 heteroatoms. The topological polar surface area (TPSA) is 40.7 Å². The number of benzene rings is 1. The van der Waals surface area contributed by atoms with Gasteiger partial charge in [0.15, 0.2) is 3.95 Å². The van der Waals surface area contributed by atoms with Crippen LogP contribution in [0.4, 0.5) is 5.13 Å². The van der Waals surface area contributed by atoms with Crippen LogP contribution in [-0.2, 0) is 0 Å². The second-order valence-corrected chi connectivity index (χ2v) is 5.31. The average Bonchev–Trinajstić information content (AvgIpc) is 2.64. The molecule has 0 amide bonds. The monoisotopic (exact) mass is 251 g/mol. The van der Waals surface area contributed by atoms with Gasteiger partial charge in [0.2, 0.25) is 5.13 Å². The number of aromatic nitrogens is 2. The first kappa shape index (κ1) is 11.3. The SMILES string of the molecule is Cc1ccccc1C(C)Nc1n[nH]c(=S)s1. The van der Waals surface area contributed by atoms with E-state index in [0.29, 0.717) is 3.95 Å². The summed E-state index contributed by atoms with van der Waals surface area (Å²) in [4.78, 5) is 0. The lowest BCUT2D eigenvalue weighted by Crippen LogP contribution is -2.07. The van der Waals surface area contributed by atoms with E-state index < -0.39 is 0 Å². The Hall–Kier alpha value is -1.20. The third kappa shape index (κ3) is 2.48. The lowest BCUT2D eigenvalue weighted by molar-refractivity contribution is 0.864. The average molecular weight is 251 g/mol. The summed E-state index contributed by atoms with van der Waals surface area (Å²) in [5.41, 5.74) is 2.56. The smallest absolute Gasteiger partial charge is 0.204 e. The van der Waals surface area contributed by atoms with Crippen LogP contribution in [0.3, 0.4) is 0 Å². The van der Waals surface area contributed by atoms with Crippen molar-refractivity contribution in [3.8, 4) is 0 Å². The van der Waals surface area contributed by atoms with E-state index in [9.17, 15) is 0 Å². The fraction of sp³-hybridized carbons (Fsp3) is 0.273. The molecule has 2 N–H and O–H groups in total. The Labute approximate surface area is 104 Å². The number of nitrogens with one attached hydrogen (secondary N) is 2. The minimum absolute atomic E-state index is 0.232. The van der Waals surface area contributed by atoms with Crippen LogP contribution in [0, 0.1) is 10.9 Å². The van der Waals surface area contributed by atoms with Crippen LogP contribution in [0.25, 0.3) is 0 Å². The van der Waals surface area contributed by atoms with Crippen LogP contribution >= 0.6 is 23.6 Å². The Balaban J connectivity index is 2.17. The predicted molar refractivity (Wildman–Crippen MR) is 70.5 cm³/mol. The van der Waals surface area contributed by atoms with Crippen molar-refractivity contribution in [1.82, 2.24) is 10.2 Å². The van der Waals surface area contributed by atoms with Crippen molar-refractivity contribution in [1.29, 1.82) is 0 Å². The Kier molecular flexibility index (Phi) is 3.36. The highest BCUT2D eigenvalue weighted by Crippen LogP contribution is 2.22. The molecule has 0 bridgehead atoms. The Bertz CT molecular complexity index is 530. The van der Waals surface area contributed by atoms with E-state index >= 15 is 0 Å². The van der Waals surface area contributed by atoms with Crippen LogP contribution in [0.1, 0.15) is 24.1 Å². The van der Waals surface area contributed by atoms with Gasteiger partial charge in [-0.3, -0.25) is 5.10 Å². The van der Waals surface area contributed by atoms with Gasteiger partial charge in [-0.05, 0) is 37.2 Å². The van der Waals surface area contributed by atoms with Gasteiger partial charge in [0.25, 0.3) is 0 Å². The van der Waals surface area contributed by atoms with Crippen molar-refractivity contribution < 1.29 is 0 Å². The fourth-order valence-electron chi connectivity index (χ4n) is 1.63. The van der Waals surface area contributed by atoms with E-state index in [4.69, 9.17) is 12.2 Å². The van der Waals surface area contributed by atoms with Gasteiger partial charge in [0, 0.05) is 0 Å². The fourth-order valence-corrected chi connectivity index (χ4v) is 2.50. The zero-order valence-corrected chi connectivity index (χ0v) is 10.8. The molecule has 0 saturated carbocycles. The molecule has 1 heterocycles. The first-order valence-corrected chi connectivity index (χ1v) is 6.27. The summed E-state index contributed by atoms with van der Waals surface area (Å²) in [6, 6.07) is 8.56. The molecule has 0 fully saturated rings. The summed E-state index contributed by atoms with van der Waals surface area (Å²) in [5.74, 6) is 0. The second-order valence-electron chi connectivity index (χ2n) is 3.64. The molecule has 16 heavy (non-hydrogen) atoms. The van der Waals surface area contributed by atoms with Crippen molar-refractivity contribution in [2.75, 3.05) is 5.32 Å². The number of hydrogen-bond acceptors (Lipinski definition) is 4. The number of aryl methyl sites for hydroxylation is 1. The molecule has 0 aliphatic carbocycles. The highest BCUT2D eigenvalue weighted by molar-refractivity contribution is 7.73. The summed E-state index contributed by atoms with van der Waals surface area (Å²) in [6.45, 7) is 4.23. The minimum Gasteiger partial charge on any atom is -0.354 e. The summed E-state index contributed by atoms with van der Waals surface area (Å²) in [5, 5.41) is 11.0. The summed E-state index contributed by atoms with van der Waals surface area (Å²) in [6.07, 6.45) is 0. The van der Waals surface area contributed by atoms with E-state index in [1.807, 2.05) is 12.1 Å². The van der Waals surface area contributed by atoms with E-state index in [0.717, 1.165) is 5.13 Å². The van der Waals surface area contributed by atoms with Gasteiger partial charge in [-0.25, -0.2) is 0 Å². The van der Waals surface area contributed by atoms with Crippen molar-refractivity contribution in [3.05, 3.63) is 39.3 Å². The molecule has 1 atom stereocenters. The molecule has 84 valence electrons. The van der Waals surface area contributed by atoms with Crippen molar-refractivity contribution in [3.63, 3.8) is 0 Å². The highest BCUT2D eigenvalue weighted by atomic mass is 32.1. The van der Waals surface area contributed by atoms with E-state index in [1.165, 1.54) is 22.5 Å². The van der Waals surface area contributed by atoms with Crippen molar-refractivity contribution in [2.45, 2.75) is 19.9 Å². The molecule has 1 aromatic carbocycles. The molecular weight excluding hydrogens is 238 g/mol. The first-order valence-electron chi connectivity index (χ1n) is 5.04. The number of nitrogens with zero attached hydrogens (tertiary/aromatic N) is 1. The van der Waals surface area contributed by atoms with Crippen molar-refractivity contribution >= 4 is 28.7 Å². The molecule has 0 aliphatic heterocycles. The lowest BCUT2D eigenvalue weighted by Gasteiger charge is -2.15. The zero-order chi connectivity index (χ0) is 11.5. The maximum atomic E-state index is 4.99. The number of H-pyrrole nitrogens is 1. The standard InChI is InChI=1S/C11H13N3S2/c1-7-5-3-4-6-9(7)8(2)12-10-13-14-11(15)16-10/h3-6,8H,1-2H3,(H,12,13)(H,14,15). The largest absolute Gasteiger partial charge is 0.354 e. The number of hydrogen-bond donors (Lipinski definition) is 2. The molecule has 0 spiro atoms. The van der Waals surface area contributed by atoms with Gasteiger partial charge in [-0.15, -0.1) is 5.10 Å². The maximum absolute atomic E-state index is 4.99. The van der Waals surface area contributed by atoms with Gasteiger partial charge in [0.05, 0.1) is 6.04 Å². The van der Waals surface area contributed by atoms with Crippen LogP contribution in [0.5, 0.6) is 0 Å². The van der Waals surface area contributed by atoms with Crippen molar-refractivity contribution in [2.24, 2.45) is 0 Å². The molecule has 2 rings (SSSR count). The molecule has 2 aromatic rings. The maximum Gasteiger partial charge on any atom is 0.204 e. The summed E-state index contributed by atoms with van der Waals surface area (Å²) >= 11 is 6.44. The van der Waals surface area contributed by atoms with Gasteiger partial charge in [-0.2, -0.15) is 0 Å². The van der Waals surface area contributed by atoms with E-state index in [-0.39, 0.29) is 6.04 Å². The van der Waals surface area contributed by atoms with Gasteiger partial charge < -0.3 is 5.32 Å². The predicted octanol–water partition coefficient (Wildman–Crippen LogP) is 3.68. The number of anilines is 1. The quantitative estimate of drug-likeness (QED) is 0.818. The molecule has 0 saturated heterocycles. The van der Waals surface area contributed by atoms with Crippen LogP contribution < -0.4 is 5.32 Å². The third-order valence-corrected chi connectivity index (χ3v) is 3.45. The molecular formula is C11H13N3S2. The normalized spacial score (nSPS) is 12.4. The second kappa shape index (κ2) is 4.76. The zero-order valence-electron chi connectivity index (χ0n) is 9.15. The first-order chi connectivity index (χ1) is 7.66. The molecule has 3 nitrogen and oxygen atoms in total. The minimum atomic E-state index is 0.232. The lowest BCUT2D eigenvalue weighted by atomic mass is 10.0.